The van der Waals surface area contributed by atoms with Gasteiger partial charge in [-0.05, 0) is 12.2 Å². The lowest BCUT2D eigenvalue weighted by atomic mass is 11.6. The molecule has 0 spiro atoms. The Morgan fingerprint density at radius 3 is 1.10 bits per heavy atom. The number of rotatable bonds is 0. The van der Waals surface area contributed by atoms with Crippen molar-refractivity contribution in [2.75, 3.05) is 0 Å². The van der Waals surface area contributed by atoms with Gasteiger partial charge >= 0.3 is 6.29 Å². The third kappa shape index (κ3) is 60.2. The molecule has 0 aromatic carbocycles. The van der Waals surface area contributed by atoms with E-state index in [4.69, 9.17) is 25.2 Å². The summed E-state index contributed by atoms with van der Waals surface area (Å²) in [6.45, 7) is 0. The van der Waals surface area contributed by atoms with Gasteiger partial charge in [0.15, 0.2) is 0 Å². The number of isocyanates is 2. The maximum Gasteiger partial charge on any atom is 0.483 e. The van der Waals surface area contributed by atoms with Gasteiger partial charge in [0.05, 0.1) is 0 Å². The highest BCUT2D eigenvalue weighted by Crippen LogP contribution is 1.70. The van der Waals surface area contributed by atoms with Gasteiger partial charge < -0.3 is 10.8 Å². The lowest BCUT2D eigenvalue weighted by Gasteiger charge is -1.45. The quantitative estimate of drug-likeness (QED) is 0.290. The molecule has 0 aromatic rings. The van der Waals surface area contributed by atoms with E-state index in [1.54, 1.807) is 0 Å². The van der Waals surface area contributed by atoms with E-state index in [2.05, 4.69) is 0 Å². The van der Waals surface area contributed by atoms with Gasteiger partial charge in [0, 0.05) is 0 Å². The van der Waals surface area contributed by atoms with Crippen LogP contribution in [0.25, 0.3) is 10.8 Å². The summed E-state index contributed by atoms with van der Waals surface area (Å²) in [6.07, 6.45) is -1.83. The number of nitrogens with zero attached hydrogens (tertiary/aromatic N) is 2. The Balaban J connectivity index is -0.0000000750. The Morgan fingerprint density at radius 2 is 1.10 bits per heavy atom. The van der Waals surface area contributed by atoms with E-state index in [1.807, 2.05) is 0 Å². The number of hydrogen-bond acceptors (Lipinski definition) is 3. The van der Waals surface area contributed by atoms with Gasteiger partial charge in [-0.1, -0.05) is 0 Å². The summed E-state index contributed by atoms with van der Waals surface area (Å²) in [6, 6.07) is 0. The van der Waals surface area contributed by atoms with Crippen LogP contribution in [0.3, 0.4) is 0 Å². The van der Waals surface area contributed by atoms with Crippen LogP contribution in [0.2, 0.25) is 0 Å². The smallest absolute Gasteiger partial charge is 0.483 e. The summed E-state index contributed by atoms with van der Waals surface area (Å²) < 4.78 is 19.4. The van der Waals surface area contributed by atoms with E-state index in [-0.39, 0.29) is 0 Å². The molecule has 0 aromatic heterocycles. The molecule has 0 rings (SSSR count). The van der Waals surface area contributed by atoms with Gasteiger partial charge in [-0.2, -0.15) is 0 Å². The second-order valence-electron chi connectivity index (χ2n) is 0.408. The fourth-order valence-corrected chi connectivity index (χ4v) is 0. The van der Waals surface area contributed by atoms with E-state index >= 15 is 0 Å². The number of halogens is 2. The summed E-state index contributed by atoms with van der Waals surface area (Å²) in [5.74, 6) is 0. The summed E-state index contributed by atoms with van der Waals surface area (Å²) in [4.78, 5) is 24.6. The van der Waals surface area contributed by atoms with Crippen LogP contribution in [0.4, 0.5) is 13.6 Å². The Labute approximate surface area is 53.7 Å². The van der Waals surface area contributed by atoms with Gasteiger partial charge in [0.2, 0.25) is 0 Å². The Hall–Kier alpha value is -1.71. The summed E-state index contributed by atoms with van der Waals surface area (Å²) >= 11 is 0. The molecule has 0 radical (unpaired) electrons. The molecular weight excluding hydrogens is 150 g/mol. The van der Waals surface area contributed by atoms with E-state index in [0.717, 1.165) is 0 Å². The predicted octanol–water partition coefficient (Wildman–Crippen LogP) is 0.829. The fourth-order valence-electron chi connectivity index (χ4n) is 0. The van der Waals surface area contributed by atoms with Gasteiger partial charge in [0.1, 0.15) is 0 Å². The van der Waals surface area contributed by atoms with Crippen molar-refractivity contribution < 1.29 is 23.2 Å². The molecule has 0 bridgehead atoms. The minimum atomic E-state index is -2.83. The molecule has 0 atom stereocenters. The molecule has 56 valence electrons. The predicted molar refractivity (Wildman–Crippen MR) is 25.7 cm³/mol. The lowest BCUT2D eigenvalue weighted by Crippen LogP contribution is -1.54. The van der Waals surface area contributed by atoms with Crippen LogP contribution >= 0.6 is 0 Å². The van der Waals surface area contributed by atoms with Crippen molar-refractivity contribution in [2.45, 2.75) is 0 Å². The van der Waals surface area contributed by atoms with Gasteiger partial charge in [-0.25, -0.2) is 4.79 Å². The minimum absolute atomic E-state index is 0.500. The van der Waals surface area contributed by atoms with Crippen molar-refractivity contribution in [3.05, 3.63) is 10.8 Å². The van der Waals surface area contributed by atoms with Crippen molar-refractivity contribution >= 4 is 18.5 Å². The molecule has 0 saturated carbocycles. The highest BCUT2D eigenvalue weighted by atomic mass is 19.3. The first-order chi connectivity index (χ1) is 4.56. The molecule has 7 heteroatoms. The first-order valence-corrected chi connectivity index (χ1v) is 1.44. The van der Waals surface area contributed by atoms with E-state index in [9.17, 15) is 8.78 Å². The van der Waals surface area contributed by atoms with Crippen molar-refractivity contribution in [3.8, 4) is 0 Å². The normalized spacial score (nSPS) is 4.20. The van der Waals surface area contributed by atoms with Gasteiger partial charge in [-0.3, -0.25) is 9.59 Å². The molecule has 0 aliphatic rings. The molecule has 0 amide bonds. The van der Waals surface area contributed by atoms with Crippen LogP contribution in [0, 0.1) is 0 Å². The Kier molecular flexibility index (Phi) is 42.0. The average molecular weight is 150 g/mol. The lowest BCUT2D eigenvalue weighted by molar-refractivity contribution is 0.199. The third-order valence-electron chi connectivity index (χ3n) is 0. The first-order valence-electron chi connectivity index (χ1n) is 1.44. The highest BCUT2D eigenvalue weighted by Gasteiger charge is 1.78. The van der Waals surface area contributed by atoms with E-state index in [0.29, 0.717) is 12.2 Å². The number of carbonyl (C=O) groups is 1. The first kappa shape index (κ1) is 15.7. The highest BCUT2D eigenvalue weighted by molar-refractivity contribution is 5.55. The molecule has 0 N–H and O–H groups in total. The maximum absolute atomic E-state index is 9.69. The number of hydrogen-bond donors (Lipinski definition) is 0. The zero-order chi connectivity index (χ0) is 8.99. The van der Waals surface area contributed by atoms with Crippen LogP contribution in [-0.2, 0) is 9.59 Å². The van der Waals surface area contributed by atoms with Crippen LogP contribution in [0.15, 0.2) is 0 Å². The summed E-state index contributed by atoms with van der Waals surface area (Å²) in [7, 11) is 0. The topological polar surface area (TPSA) is 95.8 Å². The molecule has 0 aliphatic heterocycles. The SMILES string of the molecule is O=C(F)F.[N-]=C=O.[N-]=C=O. The standard InChI is InChI=1S/CF2O.2CNO/c2-1(3)4;2*2-1-3/q;2*-1. The molecule has 0 unspecified atom stereocenters. The summed E-state index contributed by atoms with van der Waals surface area (Å²) in [5.41, 5.74) is 0. The Bertz CT molecular complexity index is 130. The fraction of sp³-hybridized carbons (Fsp3) is 0. The van der Waals surface area contributed by atoms with Crippen LogP contribution in [0.5, 0.6) is 0 Å². The van der Waals surface area contributed by atoms with Crippen molar-refractivity contribution in [3.63, 3.8) is 0 Å². The van der Waals surface area contributed by atoms with Gasteiger partial charge in [-0.15, -0.1) is 8.78 Å². The number of carbonyl (C=O) groups excluding carboxylic acids is 3. The van der Waals surface area contributed by atoms with Crippen molar-refractivity contribution in [2.24, 2.45) is 0 Å². The zero-order valence-corrected chi connectivity index (χ0v) is 4.38. The van der Waals surface area contributed by atoms with Crippen molar-refractivity contribution in [1.82, 2.24) is 0 Å². The molecule has 0 saturated heterocycles. The third-order valence-corrected chi connectivity index (χ3v) is 0. The molecule has 0 aliphatic carbocycles. The second-order valence-corrected chi connectivity index (χ2v) is 0.408. The molecule has 10 heavy (non-hydrogen) atoms. The van der Waals surface area contributed by atoms with Crippen LogP contribution < -0.4 is 0 Å². The van der Waals surface area contributed by atoms with Crippen LogP contribution in [0.1, 0.15) is 0 Å². The molecule has 5 nitrogen and oxygen atoms in total. The summed E-state index contributed by atoms with van der Waals surface area (Å²) in [5, 5.41) is 13.5. The van der Waals surface area contributed by atoms with Gasteiger partial charge in [0.25, 0.3) is 0 Å². The minimum Gasteiger partial charge on any atom is -0.724 e. The second kappa shape index (κ2) is 26.6. The molecule has 0 heterocycles. The maximum atomic E-state index is 9.69. The van der Waals surface area contributed by atoms with E-state index in [1.165, 1.54) is 0 Å². The molecule has 0 fully saturated rings. The largest absolute Gasteiger partial charge is 0.724 e. The van der Waals surface area contributed by atoms with Crippen LogP contribution in [-0.4, -0.2) is 18.5 Å². The molecular formula is C3F2N2O3-2. The van der Waals surface area contributed by atoms with Crippen molar-refractivity contribution in [1.29, 1.82) is 0 Å². The Morgan fingerprint density at radius 1 is 1.10 bits per heavy atom. The monoisotopic (exact) mass is 150 g/mol. The van der Waals surface area contributed by atoms with E-state index < -0.39 is 6.29 Å². The zero-order valence-electron chi connectivity index (χ0n) is 4.38. The average Bonchev–Trinajstić information content (AvgIpc) is 1.65.